The summed E-state index contributed by atoms with van der Waals surface area (Å²) in [5.74, 6) is 0. The number of fused-ring (bicyclic) bond motifs is 1. The Hall–Kier alpha value is -0.450. The molecule has 2 aromatic rings. The fraction of sp³-hybridized carbons (Fsp3) is 0. The molecule has 0 bridgehead atoms. The predicted octanol–water partition coefficient (Wildman–Crippen LogP) is 2.69. The summed E-state index contributed by atoms with van der Waals surface area (Å²) in [6, 6.07) is 4.59. The number of aromatic amines is 1. The molecule has 14 heavy (non-hydrogen) atoms. The smallest absolute Gasteiger partial charge is 0.270 e. The maximum Gasteiger partial charge on any atom is 0.270 e. The lowest BCUT2D eigenvalue weighted by molar-refractivity contribution is -0.384. The van der Waals surface area contributed by atoms with E-state index >= 15 is 0 Å². The second-order valence-corrected chi connectivity index (χ2v) is 3.57. The second kappa shape index (κ2) is 4.38. The number of hydrogen-bond donors (Lipinski definition) is 1. The van der Waals surface area contributed by atoms with Gasteiger partial charge >= 0.3 is 0 Å². The zero-order valence-electron chi connectivity index (χ0n) is 6.73. The van der Waals surface area contributed by atoms with Crippen molar-refractivity contribution in [2.45, 2.75) is 0 Å². The maximum absolute atomic E-state index is 10.5. The standard InChI is InChI=1S/C7H4IN3O2.HI/c8-7-5-3-4(11(12)13)1-2-6(5)9-10-7;/h1-3H,(H,9,10);1H. The number of hydrogen-bond acceptors (Lipinski definition) is 3. The van der Waals surface area contributed by atoms with Crippen molar-refractivity contribution in [3.8, 4) is 0 Å². The van der Waals surface area contributed by atoms with Gasteiger partial charge in [0.05, 0.1) is 10.4 Å². The van der Waals surface area contributed by atoms with E-state index in [9.17, 15) is 10.1 Å². The molecule has 2 rings (SSSR count). The lowest BCUT2D eigenvalue weighted by atomic mass is 10.2. The SMILES string of the molecule is I.O=[N+]([O-])c1ccc2n[nH]c(I)c2c1. The highest BCUT2D eigenvalue weighted by molar-refractivity contribution is 14.1. The molecule has 5 nitrogen and oxygen atoms in total. The first-order valence-corrected chi connectivity index (χ1v) is 4.54. The lowest BCUT2D eigenvalue weighted by Gasteiger charge is -1.90. The Bertz CT molecular complexity index is 483. The Morgan fingerprint density at radius 3 is 2.86 bits per heavy atom. The van der Waals surface area contributed by atoms with Gasteiger partial charge in [0.2, 0.25) is 0 Å². The van der Waals surface area contributed by atoms with Gasteiger partial charge in [-0.15, -0.1) is 24.0 Å². The number of nitro benzene ring substituents is 1. The Kier molecular flexibility index (Phi) is 3.64. The topological polar surface area (TPSA) is 71.8 Å². The maximum atomic E-state index is 10.5. The molecule has 0 aliphatic heterocycles. The monoisotopic (exact) mass is 417 g/mol. The molecule has 0 unspecified atom stereocenters. The van der Waals surface area contributed by atoms with Crippen molar-refractivity contribution in [2.75, 3.05) is 0 Å². The van der Waals surface area contributed by atoms with Crippen LogP contribution in [0.15, 0.2) is 18.2 Å². The molecule has 0 saturated heterocycles. The quantitative estimate of drug-likeness (QED) is 0.441. The molecule has 1 heterocycles. The summed E-state index contributed by atoms with van der Waals surface area (Å²) < 4.78 is 0.816. The van der Waals surface area contributed by atoms with Crippen LogP contribution < -0.4 is 0 Å². The number of aromatic nitrogens is 2. The van der Waals surface area contributed by atoms with Crippen molar-refractivity contribution in [3.63, 3.8) is 0 Å². The molecule has 0 aliphatic rings. The molecule has 0 saturated carbocycles. The van der Waals surface area contributed by atoms with Crippen LogP contribution in [0.1, 0.15) is 0 Å². The Labute approximate surface area is 110 Å². The summed E-state index contributed by atoms with van der Waals surface area (Å²) in [7, 11) is 0. The van der Waals surface area contributed by atoms with Gasteiger partial charge in [0.15, 0.2) is 0 Å². The first kappa shape index (κ1) is 11.6. The van der Waals surface area contributed by atoms with E-state index in [1.54, 1.807) is 6.07 Å². The van der Waals surface area contributed by atoms with E-state index in [1.165, 1.54) is 12.1 Å². The fourth-order valence-electron chi connectivity index (χ4n) is 1.08. The molecule has 1 aromatic carbocycles. The summed E-state index contributed by atoms with van der Waals surface area (Å²) in [5, 5.41) is 18.0. The molecule has 0 aliphatic carbocycles. The molecule has 7 heteroatoms. The van der Waals surface area contributed by atoms with Crippen LogP contribution in [-0.4, -0.2) is 15.1 Å². The van der Waals surface area contributed by atoms with E-state index < -0.39 is 4.92 Å². The van der Waals surface area contributed by atoms with Gasteiger partial charge in [-0.3, -0.25) is 15.2 Å². The Balaban J connectivity index is 0.000000980. The van der Waals surface area contributed by atoms with Gasteiger partial charge in [-0.1, -0.05) is 0 Å². The van der Waals surface area contributed by atoms with Crippen molar-refractivity contribution < 1.29 is 4.92 Å². The molecule has 0 amide bonds. The molecular weight excluding hydrogens is 412 g/mol. The second-order valence-electron chi connectivity index (χ2n) is 2.50. The van der Waals surface area contributed by atoms with E-state index in [4.69, 9.17) is 0 Å². The molecule has 1 aromatic heterocycles. The molecule has 0 radical (unpaired) electrons. The largest absolute Gasteiger partial charge is 0.271 e. The van der Waals surface area contributed by atoms with Crippen molar-refractivity contribution in [3.05, 3.63) is 32.0 Å². The fourth-order valence-corrected chi connectivity index (χ4v) is 1.63. The summed E-state index contributed by atoms with van der Waals surface area (Å²) in [4.78, 5) is 10.0. The average Bonchev–Trinajstić information content (AvgIpc) is 2.47. The van der Waals surface area contributed by atoms with E-state index in [0.717, 1.165) is 14.6 Å². The predicted molar refractivity (Wildman–Crippen MR) is 70.9 cm³/mol. The van der Waals surface area contributed by atoms with Crippen LogP contribution in [0.2, 0.25) is 0 Å². The first-order chi connectivity index (χ1) is 6.18. The normalized spacial score (nSPS) is 9.79. The van der Waals surface area contributed by atoms with E-state index in [2.05, 4.69) is 32.8 Å². The number of nitro groups is 1. The van der Waals surface area contributed by atoms with Crippen molar-refractivity contribution in [1.82, 2.24) is 10.2 Å². The third-order valence-electron chi connectivity index (χ3n) is 1.70. The highest BCUT2D eigenvalue weighted by Crippen LogP contribution is 2.22. The molecule has 1 N–H and O–H groups in total. The van der Waals surface area contributed by atoms with Gasteiger partial charge in [0.1, 0.15) is 3.70 Å². The third-order valence-corrected chi connectivity index (χ3v) is 2.52. The average molecular weight is 417 g/mol. The number of halogens is 2. The van der Waals surface area contributed by atoms with Crippen LogP contribution in [0.4, 0.5) is 5.69 Å². The highest BCUT2D eigenvalue weighted by Gasteiger charge is 2.09. The number of H-pyrrole nitrogens is 1. The lowest BCUT2D eigenvalue weighted by Crippen LogP contribution is -1.86. The number of nitrogens with zero attached hydrogens (tertiary/aromatic N) is 2. The van der Waals surface area contributed by atoms with Gasteiger partial charge in [-0.05, 0) is 28.7 Å². The molecule has 0 spiro atoms. The number of non-ortho nitro benzene ring substituents is 1. The number of rotatable bonds is 1. The van der Waals surface area contributed by atoms with Crippen LogP contribution in [0.5, 0.6) is 0 Å². The zero-order chi connectivity index (χ0) is 9.42. The molecule has 0 atom stereocenters. The molecule has 74 valence electrons. The summed E-state index contributed by atoms with van der Waals surface area (Å²) in [5.41, 5.74) is 0.835. The van der Waals surface area contributed by atoms with Gasteiger partial charge < -0.3 is 0 Å². The molecule has 0 fully saturated rings. The molecular formula is C7H5I2N3O2. The van der Waals surface area contributed by atoms with Crippen LogP contribution >= 0.6 is 46.6 Å². The minimum Gasteiger partial charge on any atom is -0.271 e. The third kappa shape index (κ3) is 1.97. The van der Waals surface area contributed by atoms with Crippen molar-refractivity contribution in [1.29, 1.82) is 0 Å². The minimum atomic E-state index is -0.414. The first-order valence-electron chi connectivity index (χ1n) is 3.46. The van der Waals surface area contributed by atoms with Crippen LogP contribution in [0.3, 0.4) is 0 Å². The van der Waals surface area contributed by atoms with Crippen LogP contribution in [-0.2, 0) is 0 Å². The zero-order valence-corrected chi connectivity index (χ0v) is 11.2. The van der Waals surface area contributed by atoms with Crippen LogP contribution in [0.25, 0.3) is 10.9 Å². The van der Waals surface area contributed by atoms with Gasteiger partial charge in [-0.2, -0.15) is 5.10 Å². The number of nitrogens with one attached hydrogen (secondary N) is 1. The Morgan fingerprint density at radius 1 is 1.50 bits per heavy atom. The summed E-state index contributed by atoms with van der Waals surface area (Å²) >= 11 is 2.05. The minimum absolute atomic E-state index is 0. The summed E-state index contributed by atoms with van der Waals surface area (Å²) in [6.07, 6.45) is 0. The number of benzene rings is 1. The van der Waals surface area contributed by atoms with Gasteiger partial charge in [0.25, 0.3) is 5.69 Å². The van der Waals surface area contributed by atoms with Gasteiger partial charge in [-0.25, -0.2) is 0 Å². The van der Waals surface area contributed by atoms with Crippen molar-refractivity contribution in [2.24, 2.45) is 0 Å². The highest BCUT2D eigenvalue weighted by atomic mass is 127. The van der Waals surface area contributed by atoms with E-state index in [-0.39, 0.29) is 29.7 Å². The summed E-state index contributed by atoms with van der Waals surface area (Å²) in [6.45, 7) is 0. The van der Waals surface area contributed by atoms with Crippen LogP contribution in [0, 0.1) is 13.8 Å². The van der Waals surface area contributed by atoms with E-state index in [1.807, 2.05) is 0 Å². The van der Waals surface area contributed by atoms with Crippen molar-refractivity contribution >= 4 is 63.2 Å². The van der Waals surface area contributed by atoms with E-state index in [0.29, 0.717) is 0 Å². The Morgan fingerprint density at radius 2 is 2.21 bits per heavy atom. The van der Waals surface area contributed by atoms with Gasteiger partial charge in [0, 0.05) is 17.5 Å².